The van der Waals surface area contributed by atoms with Crippen molar-refractivity contribution < 1.29 is 13.6 Å². The van der Waals surface area contributed by atoms with Gasteiger partial charge in [-0.05, 0) is 30.3 Å². The Labute approximate surface area is 146 Å². The third kappa shape index (κ3) is 4.07. The average molecular weight is 361 g/mol. The molecular formula is C17H11ClF2N4O. The van der Waals surface area contributed by atoms with Gasteiger partial charge in [0.15, 0.2) is 0 Å². The first-order chi connectivity index (χ1) is 12.0. The van der Waals surface area contributed by atoms with Crippen LogP contribution >= 0.6 is 11.6 Å². The number of halogens is 3. The van der Waals surface area contributed by atoms with Gasteiger partial charge >= 0.3 is 0 Å². The lowest BCUT2D eigenvalue weighted by Crippen LogP contribution is -2.13. The van der Waals surface area contributed by atoms with Crippen molar-refractivity contribution in [3.8, 4) is 0 Å². The first kappa shape index (κ1) is 16.8. The lowest BCUT2D eigenvalue weighted by Gasteiger charge is -2.07. The van der Waals surface area contributed by atoms with E-state index in [1.807, 2.05) is 0 Å². The zero-order valence-corrected chi connectivity index (χ0v) is 13.4. The van der Waals surface area contributed by atoms with Crippen LogP contribution in [0.5, 0.6) is 0 Å². The summed E-state index contributed by atoms with van der Waals surface area (Å²) in [6, 6.07) is 9.90. The lowest BCUT2D eigenvalue weighted by atomic mass is 10.2. The molecule has 126 valence electrons. The standard InChI is InChI=1S/C17H11ClF2N4O/c18-12-7-11(5-6-13(12)19)23-16(25)10-8-21-17(22-9-10)24-15-4-2-1-3-14(15)20/h1-9H,(H,23,25)(H,21,22,24). The maximum absolute atomic E-state index is 13.6. The van der Waals surface area contributed by atoms with Gasteiger partial charge in [0.2, 0.25) is 5.95 Å². The topological polar surface area (TPSA) is 66.9 Å². The molecule has 0 spiro atoms. The number of carbonyl (C=O) groups excluding carboxylic acids is 1. The number of para-hydroxylation sites is 1. The van der Waals surface area contributed by atoms with E-state index >= 15 is 0 Å². The van der Waals surface area contributed by atoms with Gasteiger partial charge < -0.3 is 10.6 Å². The van der Waals surface area contributed by atoms with Crippen molar-refractivity contribution in [3.63, 3.8) is 0 Å². The molecule has 1 heterocycles. The van der Waals surface area contributed by atoms with Crippen LogP contribution in [0, 0.1) is 11.6 Å². The number of hydrogen-bond acceptors (Lipinski definition) is 4. The predicted octanol–water partition coefficient (Wildman–Crippen LogP) is 4.40. The second-order valence-corrected chi connectivity index (χ2v) is 5.39. The fourth-order valence-corrected chi connectivity index (χ4v) is 2.15. The molecule has 0 aliphatic heterocycles. The monoisotopic (exact) mass is 360 g/mol. The van der Waals surface area contributed by atoms with Crippen LogP contribution < -0.4 is 10.6 Å². The van der Waals surface area contributed by atoms with Gasteiger partial charge in [-0.15, -0.1) is 0 Å². The van der Waals surface area contributed by atoms with Gasteiger partial charge in [0.05, 0.1) is 16.3 Å². The average Bonchev–Trinajstić information content (AvgIpc) is 2.61. The third-order valence-corrected chi connectivity index (χ3v) is 3.50. The molecule has 0 saturated heterocycles. The van der Waals surface area contributed by atoms with E-state index in [0.717, 1.165) is 6.07 Å². The van der Waals surface area contributed by atoms with Gasteiger partial charge in [-0.3, -0.25) is 4.79 Å². The van der Waals surface area contributed by atoms with E-state index in [1.54, 1.807) is 12.1 Å². The number of benzene rings is 2. The van der Waals surface area contributed by atoms with Gasteiger partial charge in [0.25, 0.3) is 5.91 Å². The number of anilines is 3. The van der Waals surface area contributed by atoms with Crippen LogP contribution in [-0.4, -0.2) is 15.9 Å². The molecule has 5 nitrogen and oxygen atoms in total. The van der Waals surface area contributed by atoms with E-state index in [-0.39, 0.29) is 22.2 Å². The summed E-state index contributed by atoms with van der Waals surface area (Å²) in [6.07, 6.45) is 2.58. The van der Waals surface area contributed by atoms with Crippen LogP contribution in [0.1, 0.15) is 10.4 Å². The molecule has 2 aromatic carbocycles. The van der Waals surface area contributed by atoms with Crippen molar-refractivity contribution in [2.75, 3.05) is 10.6 Å². The molecule has 0 radical (unpaired) electrons. The number of amides is 1. The maximum Gasteiger partial charge on any atom is 0.258 e. The SMILES string of the molecule is O=C(Nc1ccc(F)c(Cl)c1)c1cnc(Nc2ccccc2F)nc1. The van der Waals surface area contributed by atoms with E-state index in [2.05, 4.69) is 20.6 Å². The summed E-state index contributed by atoms with van der Waals surface area (Å²) >= 11 is 5.66. The molecule has 0 fully saturated rings. The second kappa shape index (κ2) is 7.23. The van der Waals surface area contributed by atoms with E-state index in [0.29, 0.717) is 5.69 Å². The Bertz CT molecular complexity index is 919. The Morgan fingerprint density at radius 2 is 1.72 bits per heavy atom. The van der Waals surface area contributed by atoms with Gasteiger partial charge in [-0.2, -0.15) is 0 Å². The van der Waals surface area contributed by atoms with Crippen molar-refractivity contribution in [1.29, 1.82) is 0 Å². The summed E-state index contributed by atoms with van der Waals surface area (Å²) in [4.78, 5) is 20.1. The summed E-state index contributed by atoms with van der Waals surface area (Å²) < 4.78 is 26.7. The second-order valence-electron chi connectivity index (χ2n) is 4.98. The molecule has 3 rings (SSSR count). The smallest absolute Gasteiger partial charge is 0.258 e. The maximum atomic E-state index is 13.6. The van der Waals surface area contributed by atoms with Crippen LogP contribution in [0.25, 0.3) is 0 Å². The van der Waals surface area contributed by atoms with Gasteiger partial charge in [-0.1, -0.05) is 23.7 Å². The number of aromatic nitrogens is 2. The van der Waals surface area contributed by atoms with E-state index in [9.17, 15) is 13.6 Å². The van der Waals surface area contributed by atoms with E-state index in [4.69, 9.17) is 11.6 Å². The van der Waals surface area contributed by atoms with Crippen molar-refractivity contribution >= 4 is 34.8 Å². The van der Waals surface area contributed by atoms with Crippen LogP contribution in [0.2, 0.25) is 5.02 Å². The first-order valence-corrected chi connectivity index (χ1v) is 7.51. The highest BCUT2D eigenvalue weighted by molar-refractivity contribution is 6.31. The molecule has 0 aliphatic carbocycles. The minimum atomic E-state index is -0.577. The molecule has 1 aromatic heterocycles. The fraction of sp³-hybridized carbons (Fsp3) is 0. The molecule has 0 bridgehead atoms. The number of nitrogens with one attached hydrogen (secondary N) is 2. The summed E-state index contributed by atoms with van der Waals surface area (Å²) in [6.45, 7) is 0. The van der Waals surface area contributed by atoms with Crippen LogP contribution in [0.4, 0.5) is 26.1 Å². The Hall–Kier alpha value is -3.06. The van der Waals surface area contributed by atoms with Crippen LogP contribution in [0.3, 0.4) is 0 Å². The van der Waals surface area contributed by atoms with Crippen molar-refractivity contribution in [2.24, 2.45) is 0 Å². The van der Waals surface area contributed by atoms with Crippen LogP contribution in [-0.2, 0) is 0 Å². The Morgan fingerprint density at radius 3 is 2.40 bits per heavy atom. The summed E-state index contributed by atoms with van der Waals surface area (Å²) in [5, 5.41) is 5.17. The molecular weight excluding hydrogens is 350 g/mol. The van der Waals surface area contributed by atoms with E-state index in [1.165, 1.54) is 36.7 Å². The molecule has 3 aromatic rings. The molecule has 1 amide bonds. The minimum Gasteiger partial charge on any atom is -0.322 e. The highest BCUT2D eigenvalue weighted by Crippen LogP contribution is 2.20. The van der Waals surface area contributed by atoms with Gasteiger partial charge in [0, 0.05) is 18.1 Å². The molecule has 8 heteroatoms. The predicted molar refractivity (Wildman–Crippen MR) is 91.1 cm³/mol. The fourth-order valence-electron chi connectivity index (χ4n) is 1.97. The van der Waals surface area contributed by atoms with Crippen molar-refractivity contribution in [2.45, 2.75) is 0 Å². The zero-order chi connectivity index (χ0) is 17.8. The quantitative estimate of drug-likeness (QED) is 0.723. The van der Waals surface area contributed by atoms with Crippen LogP contribution in [0.15, 0.2) is 54.9 Å². The van der Waals surface area contributed by atoms with Gasteiger partial charge in [0.1, 0.15) is 11.6 Å². The zero-order valence-electron chi connectivity index (χ0n) is 12.6. The first-order valence-electron chi connectivity index (χ1n) is 7.13. The normalized spacial score (nSPS) is 10.4. The number of carbonyl (C=O) groups is 1. The molecule has 0 aliphatic rings. The molecule has 2 N–H and O–H groups in total. The molecule has 0 atom stereocenters. The number of rotatable bonds is 4. The highest BCUT2D eigenvalue weighted by atomic mass is 35.5. The lowest BCUT2D eigenvalue weighted by molar-refractivity contribution is 0.102. The Morgan fingerprint density at radius 1 is 1.00 bits per heavy atom. The summed E-state index contributed by atoms with van der Waals surface area (Å²) in [5.74, 6) is -1.36. The summed E-state index contributed by atoms with van der Waals surface area (Å²) in [7, 11) is 0. The van der Waals surface area contributed by atoms with E-state index < -0.39 is 17.5 Å². The summed E-state index contributed by atoms with van der Waals surface area (Å²) in [5.41, 5.74) is 0.741. The third-order valence-electron chi connectivity index (χ3n) is 3.21. The van der Waals surface area contributed by atoms with Crippen molar-refractivity contribution in [3.05, 3.63) is 77.1 Å². The Kier molecular flexibility index (Phi) is 4.85. The highest BCUT2D eigenvalue weighted by Gasteiger charge is 2.10. The van der Waals surface area contributed by atoms with Gasteiger partial charge in [-0.25, -0.2) is 18.7 Å². The minimum absolute atomic E-state index is 0.0986. The molecule has 25 heavy (non-hydrogen) atoms. The Balaban J connectivity index is 1.70. The number of nitrogens with zero attached hydrogens (tertiary/aromatic N) is 2. The number of hydrogen-bond donors (Lipinski definition) is 2. The molecule has 0 saturated carbocycles. The largest absolute Gasteiger partial charge is 0.322 e. The van der Waals surface area contributed by atoms with Crippen molar-refractivity contribution in [1.82, 2.24) is 9.97 Å². The molecule has 0 unspecified atom stereocenters.